The summed E-state index contributed by atoms with van der Waals surface area (Å²) in [5.41, 5.74) is 5.29. The van der Waals surface area contributed by atoms with Gasteiger partial charge >= 0.3 is 0 Å². The quantitative estimate of drug-likeness (QED) is 0.164. The number of rotatable bonds is 5. The summed E-state index contributed by atoms with van der Waals surface area (Å²) in [6.07, 6.45) is 7.00. The number of benzene rings is 2. The maximum Gasteiger partial charge on any atom is 0.269 e. The number of thiophene rings is 1. The highest BCUT2D eigenvalue weighted by Gasteiger charge is 2.32. The minimum absolute atomic E-state index is 0.0877. The molecule has 0 spiro atoms. The van der Waals surface area contributed by atoms with Gasteiger partial charge in [0.25, 0.3) is 5.69 Å². The Bertz CT molecular complexity index is 1510. The van der Waals surface area contributed by atoms with Gasteiger partial charge in [-0.2, -0.15) is 5.26 Å². The molecule has 2 aromatic carbocycles. The van der Waals surface area contributed by atoms with Crippen LogP contribution < -0.4 is 0 Å². The van der Waals surface area contributed by atoms with Crippen molar-refractivity contribution in [3.8, 4) is 6.07 Å². The Morgan fingerprint density at radius 2 is 1.97 bits per heavy atom. The zero-order valence-corrected chi connectivity index (χ0v) is 21.5. The van der Waals surface area contributed by atoms with Crippen molar-refractivity contribution < 1.29 is 4.92 Å². The molecule has 2 heterocycles. The largest absolute Gasteiger partial charge is 0.342 e. The second-order valence-corrected chi connectivity index (χ2v) is 11.6. The Labute approximate surface area is 214 Å². The summed E-state index contributed by atoms with van der Waals surface area (Å²) in [5.74, 6) is 0.615. The number of hydrogen-bond acceptors (Lipinski definition) is 5. The van der Waals surface area contributed by atoms with Crippen LogP contribution in [0.2, 0.25) is 0 Å². The summed E-state index contributed by atoms with van der Waals surface area (Å²) in [6.45, 7) is 7.49. The Morgan fingerprint density at radius 1 is 1.22 bits per heavy atom. The first-order valence-corrected chi connectivity index (χ1v) is 13.0. The molecule has 6 nitrogen and oxygen atoms in total. The van der Waals surface area contributed by atoms with Crippen LogP contribution in [0.3, 0.4) is 0 Å². The number of nitrogens with zero attached hydrogens (tertiary/aromatic N) is 4. The topological polar surface area (TPSA) is 84.2 Å². The number of aromatic nitrogens is 1. The van der Waals surface area contributed by atoms with E-state index in [1.54, 1.807) is 23.5 Å². The van der Waals surface area contributed by atoms with E-state index < -0.39 is 0 Å². The van der Waals surface area contributed by atoms with E-state index in [1.807, 2.05) is 18.3 Å². The lowest BCUT2D eigenvalue weighted by Crippen LogP contribution is -2.26. The summed E-state index contributed by atoms with van der Waals surface area (Å²) in [5, 5.41) is 22.8. The predicted molar refractivity (Wildman–Crippen MR) is 145 cm³/mol. The Kier molecular flexibility index (Phi) is 6.23. The molecule has 0 aliphatic heterocycles. The second-order valence-electron chi connectivity index (χ2n) is 10.5. The highest BCUT2D eigenvalue weighted by Crippen LogP contribution is 2.45. The van der Waals surface area contributed by atoms with Crippen LogP contribution in [0.1, 0.15) is 54.3 Å². The molecule has 7 heteroatoms. The monoisotopic (exact) mass is 496 g/mol. The molecule has 5 rings (SSSR count). The molecule has 0 saturated heterocycles. The number of para-hydroxylation sites is 1. The normalized spacial score (nSPS) is 15.8. The number of aliphatic imine (C=N–C) groups is 1. The fourth-order valence-corrected chi connectivity index (χ4v) is 6.30. The van der Waals surface area contributed by atoms with Gasteiger partial charge in [0.1, 0.15) is 11.1 Å². The lowest BCUT2D eigenvalue weighted by Gasteiger charge is -2.33. The smallest absolute Gasteiger partial charge is 0.269 e. The molecule has 182 valence electrons. The van der Waals surface area contributed by atoms with Gasteiger partial charge < -0.3 is 4.57 Å². The van der Waals surface area contributed by atoms with Crippen molar-refractivity contribution in [3.05, 3.63) is 92.0 Å². The fraction of sp³-hybridized carbons (Fsp3) is 0.310. The van der Waals surface area contributed by atoms with E-state index in [0.29, 0.717) is 12.5 Å². The molecule has 1 aliphatic carbocycles. The highest BCUT2D eigenvalue weighted by molar-refractivity contribution is 7.16. The molecule has 1 aliphatic rings. The van der Waals surface area contributed by atoms with Gasteiger partial charge in [0.05, 0.1) is 10.5 Å². The molecule has 0 bridgehead atoms. The van der Waals surface area contributed by atoms with Gasteiger partial charge in [-0.3, -0.25) is 10.1 Å². The van der Waals surface area contributed by atoms with Crippen LogP contribution in [-0.2, 0) is 19.4 Å². The SMILES string of the molecule is CC(C)(C)[C@H]1CCc2c(sc(N=Cc3cn(Cc4ccc([N+](=O)[O-])cc4)c4ccccc34)c2C#N)C1. The summed E-state index contributed by atoms with van der Waals surface area (Å²) in [7, 11) is 0. The molecular weight excluding hydrogens is 468 g/mol. The summed E-state index contributed by atoms with van der Waals surface area (Å²) < 4.78 is 2.14. The molecule has 0 radical (unpaired) electrons. The van der Waals surface area contributed by atoms with Crippen molar-refractivity contribution in [3.63, 3.8) is 0 Å². The first-order chi connectivity index (χ1) is 17.2. The average molecular weight is 497 g/mol. The van der Waals surface area contributed by atoms with Crippen LogP contribution in [0.4, 0.5) is 10.7 Å². The number of non-ortho nitro benzene ring substituents is 1. The number of fused-ring (bicyclic) bond motifs is 2. The number of nitriles is 1. The maximum absolute atomic E-state index is 11.0. The van der Waals surface area contributed by atoms with E-state index in [1.165, 1.54) is 22.6 Å². The van der Waals surface area contributed by atoms with Gasteiger partial charge in [-0.15, -0.1) is 11.3 Å². The molecule has 36 heavy (non-hydrogen) atoms. The summed E-state index contributed by atoms with van der Waals surface area (Å²) >= 11 is 1.66. The summed E-state index contributed by atoms with van der Waals surface area (Å²) in [6, 6.07) is 17.2. The molecule has 0 unspecified atom stereocenters. The van der Waals surface area contributed by atoms with E-state index in [2.05, 4.69) is 49.7 Å². The second kappa shape index (κ2) is 9.36. The van der Waals surface area contributed by atoms with E-state index in [9.17, 15) is 15.4 Å². The fourth-order valence-electron chi connectivity index (χ4n) is 5.07. The molecule has 0 saturated carbocycles. The number of nitro groups is 1. The first-order valence-electron chi connectivity index (χ1n) is 12.1. The molecule has 4 aromatic rings. The van der Waals surface area contributed by atoms with Crippen LogP contribution in [0.15, 0.2) is 59.7 Å². The molecule has 0 fully saturated rings. The van der Waals surface area contributed by atoms with Crippen molar-refractivity contribution >= 4 is 39.1 Å². The lowest BCUT2D eigenvalue weighted by molar-refractivity contribution is -0.384. The Morgan fingerprint density at radius 3 is 2.67 bits per heavy atom. The molecular formula is C29H28N4O2S. The minimum Gasteiger partial charge on any atom is -0.342 e. The summed E-state index contributed by atoms with van der Waals surface area (Å²) in [4.78, 5) is 16.7. The minimum atomic E-state index is -0.384. The molecule has 2 aromatic heterocycles. The third kappa shape index (κ3) is 4.57. The average Bonchev–Trinajstić information content (AvgIpc) is 3.39. The van der Waals surface area contributed by atoms with Crippen molar-refractivity contribution in [2.24, 2.45) is 16.3 Å². The van der Waals surface area contributed by atoms with Crippen molar-refractivity contribution in [1.82, 2.24) is 4.57 Å². The Balaban J connectivity index is 1.46. The van der Waals surface area contributed by atoms with E-state index in [0.717, 1.165) is 51.9 Å². The third-order valence-electron chi connectivity index (χ3n) is 7.22. The predicted octanol–water partition coefficient (Wildman–Crippen LogP) is 7.43. The van der Waals surface area contributed by atoms with Crippen LogP contribution in [-0.4, -0.2) is 15.7 Å². The third-order valence-corrected chi connectivity index (χ3v) is 8.39. The molecule has 0 N–H and O–H groups in total. The van der Waals surface area contributed by atoms with Gasteiger partial charge in [0.15, 0.2) is 0 Å². The lowest BCUT2D eigenvalue weighted by atomic mass is 9.72. The highest BCUT2D eigenvalue weighted by atomic mass is 32.1. The van der Waals surface area contributed by atoms with Crippen LogP contribution in [0.25, 0.3) is 10.9 Å². The van der Waals surface area contributed by atoms with Gasteiger partial charge in [-0.1, -0.05) is 51.1 Å². The van der Waals surface area contributed by atoms with Crippen molar-refractivity contribution in [2.75, 3.05) is 0 Å². The van der Waals surface area contributed by atoms with Gasteiger partial charge in [-0.05, 0) is 47.8 Å². The van der Waals surface area contributed by atoms with Crippen molar-refractivity contribution in [2.45, 2.75) is 46.6 Å². The zero-order valence-electron chi connectivity index (χ0n) is 20.7. The molecule has 0 amide bonds. The van der Waals surface area contributed by atoms with E-state index in [-0.39, 0.29) is 16.0 Å². The van der Waals surface area contributed by atoms with Crippen LogP contribution in [0, 0.1) is 32.8 Å². The van der Waals surface area contributed by atoms with E-state index >= 15 is 0 Å². The van der Waals surface area contributed by atoms with E-state index in [4.69, 9.17) is 4.99 Å². The van der Waals surface area contributed by atoms with Gasteiger partial charge in [-0.25, -0.2) is 4.99 Å². The van der Waals surface area contributed by atoms with Gasteiger partial charge in [0.2, 0.25) is 0 Å². The van der Waals surface area contributed by atoms with Crippen LogP contribution >= 0.6 is 11.3 Å². The standard InChI is InChI=1S/C29H28N4O2S/c1-29(2,3)21-10-13-24-25(15-30)28(36-27(24)14-21)31-16-20-18-32(26-7-5-4-6-23(20)26)17-19-8-11-22(12-9-19)33(34)35/h4-9,11-12,16,18,21H,10,13-14,17H2,1-3H3/t21-/m0/s1. The number of nitro benzene ring substituents is 1. The Hall–Kier alpha value is -3.76. The molecule has 1 atom stereocenters. The van der Waals surface area contributed by atoms with Crippen molar-refractivity contribution in [1.29, 1.82) is 5.26 Å². The van der Waals surface area contributed by atoms with Crippen LogP contribution in [0.5, 0.6) is 0 Å². The maximum atomic E-state index is 11.0. The van der Waals surface area contributed by atoms with Gasteiger partial charge in [0, 0.05) is 52.4 Å². The zero-order chi connectivity index (χ0) is 25.4. The first kappa shape index (κ1) is 24.0. The number of hydrogen-bond donors (Lipinski definition) is 0.